The molecule has 0 spiro atoms. The summed E-state index contributed by atoms with van der Waals surface area (Å²) < 4.78 is 0. The van der Waals surface area contributed by atoms with Crippen molar-refractivity contribution in [2.45, 2.75) is 13.8 Å². The van der Waals surface area contributed by atoms with Gasteiger partial charge >= 0.3 is 0 Å². The minimum Gasteiger partial charge on any atom is -0.343 e. The van der Waals surface area contributed by atoms with Gasteiger partial charge in [0.15, 0.2) is 0 Å². The second-order valence-corrected chi connectivity index (χ2v) is 6.80. The van der Waals surface area contributed by atoms with Crippen LogP contribution < -0.4 is 10.6 Å². The summed E-state index contributed by atoms with van der Waals surface area (Å²) in [5.74, 6) is -0.802. The van der Waals surface area contributed by atoms with Crippen LogP contribution in [0.15, 0.2) is 36.4 Å². The Kier molecular flexibility index (Phi) is 5.58. The Bertz CT molecular complexity index is 1050. The Labute approximate surface area is 165 Å². The van der Waals surface area contributed by atoms with Crippen LogP contribution in [0.5, 0.6) is 0 Å². The number of nitrogens with one attached hydrogen (secondary N) is 2. The normalized spacial score (nSPS) is 10.7. The Morgan fingerprint density at radius 1 is 0.963 bits per heavy atom. The lowest BCUT2D eigenvalue weighted by molar-refractivity contribution is -0.115. The molecule has 27 heavy (non-hydrogen) atoms. The molecule has 0 aliphatic carbocycles. The van der Waals surface area contributed by atoms with Crippen LogP contribution in [0.3, 0.4) is 0 Å². The van der Waals surface area contributed by atoms with Crippen LogP contribution in [0.2, 0.25) is 10.0 Å². The molecule has 8 heteroatoms. The number of rotatable bonds is 4. The molecule has 0 aliphatic heterocycles. The van der Waals surface area contributed by atoms with Crippen molar-refractivity contribution in [2.24, 2.45) is 0 Å². The predicted molar refractivity (Wildman–Crippen MR) is 106 cm³/mol. The van der Waals surface area contributed by atoms with Crippen LogP contribution in [0, 0.1) is 13.8 Å². The van der Waals surface area contributed by atoms with E-state index >= 15 is 0 Å². The van der Waals surface area contributed by atoms with Crippen LogP contribution in [0.1, 0.15) is 21.7 Å². The van der Waals surface area contributed by atoms with Crippen molar-refractivity contribution in [1.82, 2.24) is 15.3 Å². The number of hydrogen-bond donors (Lipinski definition) is 2. The van der Waals surface area contributed by atoms with Crippen molar-refractivity contribution in [3.05, 3.63) is 63.4 Å². The first kappa shape index (κ1) is 19.1. The molecule has 3 aromatic rings. The molecule has 0 saturated carbocycles. The van der Waals surface area contributed by atoms with Crippen molar-refractivity contribution in [1.29, 1.82) is 0 Å². The Balaban J connectivity index is 1.66. The number of carbonyl (C=O) groups is 2. The third-order valence-corrected chi connectivity index (χ3v) is 4.51. The third-order valence-electron chi connectivity index (χ3n) is 3.95. The molecular formula is C19H16Cl2N4O2. The predicted octanol–water partition coefficient (Wildman–Crippen LogP) is 3.92. The highest BCUT2D eigenvalue weighted by atomic mass is 35.5. The van der Waals surface area contributed by atoms with Gasteiger partial charge in [-0.05, 0) is 50.2 Å². The van der Waals surface area contributed by atoms with Gasteiger partial charge in [0.2, 0.25) is 5.91 Å². The lowest BCUT2D eigenvalue weighted by Gasteiger charge is -2.09. The van der Waals surface area contributed by atoms with Crippen LogP contribution in [-0.4, -0.2) is 28.3 Å². The highest BCUT2D eigenvalue weighted by Gasteiger charge is 2.12. The molecule has 0 aliphatic rings. The second-order valence-electron chi connectivity index (χ2n) is 5.95. The molecule has 2 amide bonds. The SMILES string of the molecule is Cc1nc2ccc(C(=O)NCC(=O)Nc3cc(Cl)ccc3Cl)cc2nc1C. The molecule has 0 fully saturated rings. The first-order chi connectivity index (χ1) is 12.8. The monoisotopic (exact) mass is 402 g/mol. The van der Waals surface area contributed by atoms with Gasteiger partial charge in [0, 0.05) is 10.6 Å². The van der Waals surface area contributed by atoms with E-state index in [1.54, 1.807) is 30.3 Å². The largest absolute Gasteiger partial charge is 0.343 e. The lowest BCUT2D eigenvalue weighted by atomic mass is 10.1. The smallest absolute Gasteiger partial charge is 0.251 e. The third kappa shape index (κ3) is 4.53. The zero-order chi connectivity index (χ0) is 19.6. The van der Waals surface area contributed by atoms with Crippen LogP contribution in [-0.2, 0) is 4.79 Å². The van der Waals surface area contributed by atoms with Crippen LogP contribution >= 0.6 is 23.2 Å². The van der Waals surface area contributed by atoms with E-state index in [1.165, 1.54) is 6.07 Å². The summed E-state index contributed by atoms with van der Waals surface area (Å²) >= 11 is 11.9. The van der Waals surface area contributed by atoms with Crippen molar-refractivity contribution in [3.8, 4) is 0 Å². The molecule has 0 atom stereocenters. The molecule has 0 radical (unpaired) electrons. The van der Waals surface area contributed by atoms with E-state index in [2.05, 4.69) is 20.6 Å². The molecule has 0 saturated heterocycles. The minimum absolute atomic E-state index is 0.210. The Morgan fingerprint density at radius 3 is 2.41 bits per heavy atom. The van der Waals surface area contributed by atoms with Gasteiger partial charge in [-0.1, -0.05) is 23.2 Å². The number of carbonyl (C=O) groups excluding carboxylic acids is 2. The van der Waals surface area contributed by atoms with Crippen molar-refractivity contribution < 1.29 is 9.59 Å². The fourth-order valence-corrected chi connectivity index (χ4v) is 2.76. The number of nitrogens with zero attached hydrogens (tertiary/aromatic N) is 2. The molecule has 2 aromatic carbocycles. The van der Waals surface area contributed by atoms with E-state index < -0.39 is 5.91 Å². The average Bonchev–Trinajstić information content (AvgIpc) is 2.63. The summed E-state index contributed by atoms with van der Waals surface area (Å²) in [6, 6.07) is 9.76. The average molecular weight is 403 g/mol. The Morgan fingerprint density at radius 2 is 1.67 bits per heavy atom. The maximum atomic E-state index is 12.3. The molecule has 1 aromatic heterocycles. The van der Waals surface area contributed by atoms with Crippen molar-refractivity contribution in [2.75, 3.05) is 11.9 Å². The zero-order valence-corrected chi connectivity index (χ0v) is 16.1. The fourth-order valence-electron chi connectivity index (χ4n) is 2.42. The van der Waals surface area contributed by atoms with Gasteiger partial charge in [0.25, 0.3) is 5.91 Å². The van der Waals surface area contributed by atoms with Gasteiger partial charge in [0.1, 0.15) is 0 Å². The number of halogens is 2. The lowest BCUT2D eigenvalue weighted by Crippen LogP contribution is -2.32. The maximum absolute atomic E-state index is 12.3. The number of anilines is 1. The standard InChI is InChI=1S/C19H16Cl2N4O2/c1-10-11(2)24-17-7-12(3-6-15(17)23-10)19(27)22-9-18(26)25-16-8-13(20)4-5-14(16)21/h3-8H,9H2,1-2H3,(H,22,27)(H,25,26). The topological polar surface area (TPSA) is 84.0 Å². The highest BCUT2D eigenvalue weighted by Crippen LogP contribution is 2.25. The summed E-state index contributed by atoms with van der Waals surface area (Å²) in [5.41, 5.74) is 3.77. The quantitative estimate of drug-likeness (QED) is 0.692. The molecule has 0 unspecified atom stereocenters. The number of fused-ring (bicyclic) bond motifs is 1. The van der Waals surface area contributed by atoms with Gasteiger partial charge in [0.05, 0.1) is 39.7 Å². The number of benzene rings is 2. The van der Waals surface area contributed by atoms with Gasteiger partial charge in [-0.25, -0.2) is 9.97 Å². The molecule has 0 bridgehead atoms. The summed E-state index contributed by atoms with van der Waals surface area (Å²) in [6.45, 7) is 3.53. The molecule has 2 N–H and O–H groups in total. The number of aromatic nitrogens is 2. The number of aryl methyl sites for hydroxylation is 2. The van der Waals surface area contributed by atoms with Crippen molar-refractivity contribution in [3.63, 3.8) is 0 Å². The van der Waals surface area contributed by atoms with E-state index in [0.29, 0.717) is 32.3 Å². The summed E-state index contributed by atoms with van der Waals surface area (Å²) in [6.07, 6.45) is 0. The second kappa shape index (κ2) is 7.90. The van der Waals surface area contributed by atoms with Crippen LogP contribution in [0.4, 0.5) is 5.69 Å². The van der Waals surface area contributed by atoms with E-state index in [0.717, 1.165) is 11.4 Å². The van der Waals surface area contributed by atoms with Gasteiger partial charge < -0.3 is 10.6 Å². The van der Waals surface area contributed by atoms with Gasteiger partial charge in [-0.15, -0.1) is 0 Å². The number of hydrogen-bond acceptors (Lipinski definition) is 4. The summed E-state index contributed by atoms with van der Waals surface area (Å²) in [5, 5.41) is 5.98. The first-order valence-corrected chi connectivity index (χ1v) is 8.87. The van der Waals surface area contributed by atoms with E-state index in [-0.39, 0.29) is 12.5 Å². The van der Waals surface area contributed by atoms with Crippen molar-refractivity contribution >= 4 is 51.7 Å². The summed E-state index contributed by atoms with van der Waals surface area (Å²) in [4.78, 5) is 33.3. The van der Waals surface area contributed by atoms with Crippen LogP contribution in [0.25, 0.3) is 11.0 Å². The van der Waals surface area contributed by atoms with Gasteiger partial charge in [-0.3, -0.25) is 9.59 Å². The molecule has 138 valence electrons. The van der Waals surface area contributed by atoms with E-state index in [4.69, 9.17) is 23.2 Å². The molecule has 1 heterocycles. The molecule has 3 rings (SSSR count). The van der Waals surface area contributed by atoms with Gasteiger partial charge in [-0.2, -0.15) is 0 Å². The summed E-state index contributed by atoms with van der Waals surface area (Å²) in [7, 11) is 0. The fraction of sp³-hybridized carbons (Fsp3) is 0.158. The van der Waals surface area contributed by atoms with E-state index in [9.17, 15) is 9.59 Å². The Hall–Kier alpha value is -2.70. The minimum atomic E-state index is -0.417. The maximum Gasteiger partial charge on any atom is 0.251 e. The first-order valence-electron chi connectivity index (χ1n) is 8.11. The molecule has 6 nitrogen and oxygen atoms in total. The van der Waals surface area contributed by atoms with E-state index in [1.807, 2.05) is 13.8 Å². The zero-order valence-electron chi connectivity index (χ0n) is 14.6. The number of amides is 2. The highest BCUT2D eigenvalue weighted by molar-refractivity contribution is 6.35. The molecular weight excluding hydrogens is 387 g/mol.